The van der Waals surface area contributed by atoms with E-state index in [1.807, 2.05) is 49.4 Å². The van der Waals surface area contributed by atoms with Gasteiger partial charge in [0, 0.05) is 22.4 Å². The Morgan fingerprint density at radius 3 is 1.92 bits per heavy atom. The first-order valence-electron chi connectivity index (χ1n) is 7.72. The second kappa shape index (κ2) is 6.92. The smallest absolute Gasteiger partial charge is 0.255 e. The molecule has 0 aliphatic heterocycles. The van der Waals surface area contributed by atoms with E-state index in [-0.39, 0.29) is 11.7 Å². The summed E-state index contributed by atoms with van der Waals surface area (Å²) in [5.74, 6) is -0.189. The molecule has 0 unspecified atom stereocenters. The number of hydrogen-bond donors (Lipinski definition) is 1. The minimum atomic E-state index is -0.169. The highest BCUT2D eigenvalue weighted by molar-refractivity contribution is 6.10. The highest BCUT2D eigenvalue weighted by Crippen LogP contribution is 2.19. The lowest BCUT2D eigenvalue weighted by Gasteiger charge is -2.09. The fourth-order valence-electron chi connectivity index (χ4n) is 2.53. The Morgan fingerprint density at radius 1 is 0.750 bits per heavy atom. The zero-order valence-electron chi connectivity index (χ0n) is 13.3. The molecule has 1 amide bonds. The molecule has 0 fully saturated rings. The molecule has 0 atom stereocenters. The van der Waals surface area contributed by atoms with E-state index in [0.29, 0.717) is 22.4 Å². The van der Waals surface area contributed by atoms with Gasteiger partial charge in [-0.2, -0.15) is 0 Å². The van der Waals surface area contributed by atoms with Crippen LogP contribution in [0, 0.1) is 6.92 Å². The van der Waals surface area contributed by atoms with Crippen molar-refractivity contribution >= 4 is 17.4 Å². The Kier molecular flexibility index (Phi) is 4.52. The molecule has 24 heavy (non-hydrogen) atoms. The number of aryl methyl sites for hydroxylation is 1. The summed E-state index contributed by atoms with van der Waals surface area (Å²) in [6, 6.07) is 23.5. The van der Waals surface area contributed by atoms with Crippen LogP contribution < -0.4 is 5.32 Å². The molecule has 0 radical (unpaired) electrons. The van der Waals surface area contributed by atoms with Crippen molar-refractivity contribution < 1.29 is 9.59 Å². The van der Waals surface area contributed by atoms with E-state index in [1.54, 1.807) is 36.4 Å². The number of carbonyl (C=O) groups excluding carboxylic acids is 2. The number of nitrogens with one attached hydrogen (secondary N) is 1. The summed E-state index contributed by atoms with van der Waals surface area (Å²) in [5.41, 5.74) is 3.39. The SMILES string of the molecule is Cc1cc(NC(=O)c2ccccc2)ccc1C(=O)c1ccccc1. The molecule has 0 saturated carbocycles. The molecule has 118 valence electrons. The van der Waals surface area contributed by atoms with Gasteiger partial charge in [0.05, 0.1) is 0 Å². The van der Waals surface area contributed by atoms with Gasteiger partial charge in [-0.05, 0) is 42.8 Å². The first-order chi connectivity index (χ1) is 11.6. The number of ketones is 1. The van der Waals surface area contributed by atoms with Crippen LogP contribution in [0.3, 0.4) is 0 Å². The first kappa shape index (κ1) is 15.7. The van der Waals surface area contributed by atoms with Crippen LogP contribution in [0.1, 0.15) is 31.8 Å². The molecule has 0 bridgehead atoms. The van der Waals surface area contributed by atoms with Crippen LogP contribution in [0.15, 0.2) is 78.9 Å². The van der Waals surface area contributed by atoms with E-state index >= 15 is 0 Å². The summed E-state index contributed by atoms with van der Waals surface area (Å²) in [4.78, 5) is 24.7. The maximum absolute atomic E-state index is 12.5. The maximum Gasteiger partial charge on any atom is 0.255 e. The molecule has 0 heterocycles. The molecule has 0 spiro atoms. The van der Waals surface area contributed by atoms with Gasteiger partial charge in [-0.3, -0.25) is 9.59 Å². The monoisotopic (exact) mass is 315 g/mol. The fraction of sp³-hybridized carbons (Fsp3) is 0.0476. The second-order valence-electron chi connectivity index (χ2n) is 5.54. The molecular weight excluding hydrogens is 298 g/mol. The quantitative estimate of drug-likeness (QED) is 0.722. The molecule has 1 N–H and O–H groups in total. The minimum absolute atomic E-state index is 0.0194. The lowest BCUT2D eigenvalue weighted by Crippen LogP contribution is -2.12. The highest BCUT2D eigenvalue weighted by Gasteiger charge is 2.12. The van der Waals surface area contributed by atoms with Crippen molar-refractivity contribution in [3.63, 3.8) is 0 Å². The van der Waals surface area contributed by atoms with Crippen molar-refractivity contribution in [1.82, 2.24) is 0 Å². The van der Waals surface area contributed by atoms with Gasteiger partial charge in [0.25, 0.3) is 5.91 Å². The number of anilines is 1. The van der Waals surface area contributed by atoms with Gasteiger partial charge in [-0.15, -0.1) is 0 Å². The Morgan fingerprint density at radius 2 is 1.33 bits per heavy atom. The van der Waals surface area contributed by atoms with Gasteiger partial charge in [-0.1, -0.05) is 48.5 Å². The number of benzene rings is 3. The second-order valence-corrected chi connectivity index (χ2v) is 5.54. The average Bonchev–Trinajstić information content (AvgIpc) is 2.63. The first-order valence-corrected chi connectivity index (χ1v) is 7.72. The Bertz CT molecular complexity index is 871. The van der Waals surface area contributed by atoms with Crippen molar-refractivity contribution in [2.45, 2.75) is 6.92 Å². The molecule has 0 aliphatic carbocycles. The van der Waals surface area contributed by atoms with Crippen molar-refractivity contribution in [3.05, 3.63) is 101 Å². The van der Waals surface area contributed by atoms with Crippen molar-refractivity contribution in [2.75, 3.05) is 5.32 Å². The third-order valence-corrected chi connectivity index (χ3v) is 3.80. The Hall–Kier alpha value is -3.20. The van der Waals surface area contributed by atoms with E-state index < -0.39 is 0 Å². The Balaban J connectivity index is 1.80. The zero-order valence-corrected chi connectivity index (χ0v) is 13.3. The van der Waals surface area contributed by atoms with Gasteiger partial charge in [-0.25, -0.2) is 0 Å². The zero-order chi connectivity index (χ0) is 16.9. The normalized spacial score (nSPS) is 10.2. The van der Waals surface area contributed by atoms with E-state index in [1.165, 1.54) is 0 Å². The lowest BCUT2D eigenvalue weighted by molar-refractivity contribution is 0.102. The third-order valence-electron chi connectivity index (χ3n) is 3.80. The number of rotatable bonds is 4. The molecule has 0 aromatic heterocycles. The summed E-state index contributed by atoms with van der Waals surface area (Å²) in [6.07, 6.45) is 0. The highest BCUT2D eigenvalue weighted by atomic mass is 16.1. The topological polar surface area (TPSA) is 46.2 Å². The van der Waals surface area contributed by atoms with Crippen LogP contribution in [-0.2, 0) is 0 Å². The number of hydrogen-bond acceptors (Lipinski definition) is 2. The standard InChI is InChI=1S/C21H17NO2/c1-15-14-18(22-21(24)17-10-6-3-7-11-17)12-13-19(15)20(23)16-8-4-2-5-9-16/h2-14H,1H3,(H,22,24). The third kappa shape index (κ3) is 3.41. The number of carbonyl (C=O) groups is 2. The lowest BCUT2D eigenvalue weighted by atomic mass is 9.98. The summed E-state index contributed by atoms with van der Waals surface area (Å²) < 4.78 is 0. The van der Waals surface area contributed by atoms with Crippen LogP contribution in [0.5, 0.6) is 0 Å². The molecule has 3 nitrogen and oxygen atoms in total. The van der Waals surface area contributed by atoms with Crippen LogP contribution in [0.2, 0.25) is 0 Å². The summed E-state index contributed by atoms with van der Waals surface area (Å²) in [7, 11) is 0. The van der Waals surface area contributed by atoms with Crippen LogP contribution in [0.4, 0.5) is 5.69 Å². The van der Waals surface area contributed by atoms with Crippen LogP contribution in [-0.4, -0.2) is 11.7 Å². The van der Waals surface area contributed by atoms with Crippen molar-refractivity contribution in [3.8, 4) is 0 Å². The molecule has 0 saturated heterocycles. The molecule has 3 heteroatoms. The van der Waals surface area contributed by atoms with Gasteiger partial charge >= 0.3 is 0 Å². The molecule has 3 aromatic carbocycles. The largest absolute Gasteiger partial charge is 0.322 e. The van der Waals surface area contributed by atoms with Crippen LogP contribution in [0.25, 0.3) is 0 Å². The van der Waals surface area contributed by atoms with Gasteiger partial charge in [0.2, 0.25) is 0 Å². The van der Waals surface area contributed by atoms with Crippen LogP contribution >= 0.6 is 0 Å². The number of amides is 1. The average molecular weight is 315 g/mol. The van der Waals surface area contributed by atoms with E-state index in [2.05, 4.69) is 5.32 Å². The molecule has 3 aromatic rings. The summed E-state index contributed by atoms with van der Waals surface area (Å²) in [5, 5.41) is 2.85. The maximum atomic E-state index is 12.5. The summed E-state index contributed by atoms with van der Waals surface area (Å²) in [6.45, 7) is 1.87. The molecule has 0 aliphatic rings. The van der Waals surface area contributed by atoms with E-state index in [0.717, 1.165) is 5.56 Å². The fourth-order valence-corrected chi connectivity index (χ4v) is 2.53. The molecular formula is C21H17NO2. The van der Waals surface area contributed by atoms with Gasteiger partial charge < -0.3 is 5.32 Å². The Labute approximate surface area is 141 Å². The predicted molar refractivity (Wildman–Crippen MR) is 95.4 cm³/mol. The van der Waals surface area contributed by atoms with E-state index in [4.69, 9.17) is 0 Å². The predicted octanol–water partition coefficient (Wildman–Crippen LogP) is 4.48. The minimum Gasteiger partial charge on any atom is -0.322 e. The summed E-state index contributed by atoms with van der Waals surface area (Å²) >= 11 is 0. The van der Waals surface area contributed by atoms with Crippen molar-refractivity contribution in [1.29, 1.82) is 0 Å². The van der Waals surface area contributed by atoms with E-state index in [9.17, 15) is 9.59 Å². The molecule has 3 rings (SSSR count). The van der Waals surface area contributed by atoms with Crippen molar-refractivity contribution in [2.24, 2.45) is 0 Å². The van der Waals surface area contributed by atoms with Gasteiger partial charge in [0.15, 0.2) is 5.78 Å². The van der Waals surface area contributed by atoms with Gasteiger partial charge in [0.1, 0.15) is 0 Å².